The van der Waals surface area contributed by atoms with E-state index in [1.54, 1.807) is 0 Å². The van der Waals surface area contributed by atoms with Crippen LogP contribution >= 0.6 is 11.3 Å². The molecule has 0 radical (unpaired) electrons. The number of nitrogens with two attached hydrogens (primary N) is 1. The lowest BCUT2D eigenvalue weighted by Crippen LogP contribution is -2.34. The molecule has 1 aliphatic rings. The van der Waals surface area contributed by atoms with Crippen LogP contribution in [0.2, 0.25) is 0 Å². The highest BCUT2D eigenvalue weighted by atomic mass is 32.1. The van der Waals surface area contributed by atoms with Gasteiger partial charge in [-0.1, -0.05) is 6.92 Å². The van der Waals surface area contributed by atoms with E-state index in [0.717, 1.165) is 37.0 Å². The molecule has 3 nitrogen and oxygen atoms in total. The van der Waals surface area contributed by atoms with Crippen molar-refractivity contribution in [3.63, 3.8) is 0 Å². The molecule has 21 heavy (non-hydrogen) atoms. The molecule has 0 aliphatic heterocycles. The normalized spacial score (nSPS) is 27.0. The van der Waals surface area contributed by atoms with Crippen molar-refractivity contribution in [2.45, 2.75) is 57.9 Å². The van der Waals surface area contributed by atoms with Crippen LogP contribution in [0.4, 0.5) is 13.2 Å². The Bertz CT molecular complexity index is 479. The van der Waals surface area contributed by atoms with Gasteiger partial charge in [0.15, 0.2) is 5.69 Å². The Labute approximate surface area is 126 Å². The zero-order valence-electron chi connectivity index (χ0n) is 12.3. The number of hydrogen-bond donors (Lipinski definition) is 1. The summed E-state index contributed by atoms with van der Waals surface area (Å²) in [5.41, 5.74) is 3.95. The molecule has 0 spiro atoms. The fourth-order valence-corrected chi connectivity index (χ4v) is 3.99. The Morgan fingerprint density at radius 2 is 2.00 bits per heavy atom. The fraction of sp³-hybridized carbons (Fsp3) is 0.786. The lowest BCUT2D eigenvalue weighted by Gasteiger charge is -2.37. The van der Waals surface area contributed by atoms with Gasteiger partial charge in [-0.2, -0.15) is 13.2 Å². The maximum atomic E-state index is 13.0. The molecule has 1 aliphatic carbocycles. The van der Waals surface area contributed by atoms with Crippen LogP contribution in [0.25, 0.3) is 0 Å². The number of aromatic nitrogens is 1. The van der Waals surface area contributed by atoms with E-state index in [9.17, 15) is 13.2 Å². The summed E-state index contributed by atoms with van der Waals surface area (Å²) in [6, 6.07) is 0. The van der Waals surface area contributed by atoms with Crippen LogP contribution in [-0.2, 0) is 23.1 Å². The molecule has 7 heteroatoms. The van der Waals surface area contributed by atoms with Crippen molar-refractivity contribution in [3.8, 4) is 0 Å². The van der Waals surface area contributed by atoms with Gasteiger partial charge < -0.3 is 10.5 Å². The third-order valence-corrected chi connectivity index (χ3v) is 5.31. The molecule has 2 N–H and O–H groups in total. The van der Waals surface area contributed by atoms with Gasteiger partial charge in [0.25, 0.3) is 0 Å². The average Bonchev–Trinajstić information content (AvgIpc) is 2.87. The summed E-state index contributed by atoms with van der Waals surface area (Å²) >= 11 is 1.05. The van der Waals surface area contributed by atoms with Crippen LogP contribution in [-0.4, -0.2) is 11.6 Å². The molecule has 0 atom stereocenters. The molecule has 0 bridgehead atoms. The van der Waals surface area contributed by atoms with Crippen molar-refractivity contribution >= 4 is 11.3 Å². The van der Waals surface area contributed by atoms with E-state index in [4.69, 9.17) is 10.5 Å². The second-order valence-corrected chi connectivity index (χ2v) is 6.69. The zero-order valence-corrected chi connectivity index (χ0v) is 13.1. The number of nitrogens with zero attached hydrogens (tertiary/aromatic N) is 1. The Morgan fingerprint density at radius 1 is 1.38 bits per heavy atom. The Morgan fingerprint density at radius 3 is 2.43 bits per heavy atom. The highest BCUT2D eigenvalue weighted by molar-refractivity contribution is 7.11. The second kappa shape index (κ2) is 6.22. The predicted octanol–water partition coefficient (Wildman–Crippen LogP) is 4.06. The predicted molar refractivity (Wildman–Crippen MR) is 75.9 cm³/mol. The number of rotatable bonds is 4. The van der Waals surface area contributed by atoms with Crippen molar-refractivity contribution in [2.75, 3.05) is 6.61 Å². The van der Waals surface area contributed by atoms with Gasteiger partial charge in [-0.3, -0.25) is 0 Å². The van der Waals surface area contributed by atoms with E-state index in [1.165, 1.54) is 0 Å². The molecule has 0 saturated heterocycles. The van der Waals surface area contributed by atoms with Crippen molar-refractivity contribution < 1.29 is 17.9 Å². The van der Waals surface area contributed by atoms with Crippen LogP contribution in [0.15, 0.2) is 0 Å². The van der Waals surface area contributed by atoms with Gasteiger partial charge in [0.1, 0.15) is 10.6 Å². The van der Waals surface area contributed by atoms with Crippen LogP contribution < -0.4 is 5.73 Å². The van der Waals surface area contributed by atoms with E-state index in [-0.39, 0.29) is 11.4 Å². The quantitative estimate of drug-likeness (QED) is 0.909. The largest absolute Gasteiger partial charge is 0.434 e. The molecular formula is C14H21F3N2OS. The maximum Gasteiger partial charge on any atom is 0.434 e. The monoisotopic (exact) mass is 322 g/mol. The molecule has 1 aromatic heterocycles. The summed E-state index contributed by atoms with van der Waals surface area (Å²) in [6.07, 6.45) is -1.13. The summed E-state index contributed by atoms with van der Waals surface area (Å²) in [6.45, 7) is 4.34. The van der Waals surface area contributed by atoms with Crippen LogP contribution in [0, 0.1) is 5.92 Å². The maximum absolute atomic E-state index is 13.0. The molecule has 1 fully saturated rings. The first kappa shape index (κ1) is 16.7. The summed E-state index contributed by atoms with van der Waals surface area (Å²) in [7, 11) is 0. The molecule has 1 saturated carbocycles. The smallest absolute Gasteiger partial charge is 0.368 e. The van der Waals surface area contributed by atoms with E-state index < -0.39 is 17.5 Å². The molecule has 1 aromatic rings. The van der Waals surface area contributed by atoms with Gasteiger partial charge in [0.05, 0.1) is 4.88 Å². The molecule has 0 aromatic carbocycles. The van der Waals surface area contributed by atoms with Crippen LogP contribution in [0.5, 0.6) is 0 Å². The first-order chi connectivity index (χ1) is 9.82. The minimum absolute atomic E-state index is 0.0928. The number of thiazole rings is 1. The van der Waals surface area contributed by atoms with Crippen molar-refractivity contribution in [1.29, 1.82) is 0 Å². The number of ether oxygens (including phenoxy) is 1. The topological polar surface area (TPSA) is 48.1 Å². The molecule has 2 rings (SSSR count). The van der Waals surface area contributed by atoms with Crippen LogP contribution in [0.3, 0.4) is 0 Å². The number of alkyl halides is 3. The Kier molecular flexibility index (Phi) is 4.95. The average molecular weight is 322 g/mol. The van der Waals surface area contributed by atoms with E-state index in [1.807, 2.05) is 6.92 Å². The van der Waals surface area contributed by atoms with E-state index in [0.29, 0.717) is 17.5 Å². The summed E-state index contributed by atoms with van der Waals surface area (Å²) in [5, 5.41) is 0.434. The molecule has 120 valence electrons. The van der Waals surface area contributed by atoms with Gasteiger partial charge in [-0.05, 0) is 38.5 Å². The van der Waals surface area contributed by atoms with E-state index in [2.05, 4.69) is 11.9 Å². The van der Waals surface area contributed by atoms with Crippen molar-refractivity contribution in [2.24, 2.45) is 11.7 Å². The summed E-state index contributed by atoms with van der Waals surface area (Å²) in [4.78, 5) is 3.97. The zero-order chi connectivity index (χ0) is 15.7. The fourth-order valence-electron chi connectivity index (χ4n) is 2.83. The standard InChI is InChI=1S/C14H21F3N2OS/c1-3-20-13(6-4-9(2)5-7-13)12-19-11(14(15,16)17)10(8-18)21-12/h9H,3-8,18H2,1-2H3. The van der Waals surface area contributed by atoms with Crippen molar-refractivity contribution in [3.05, 3.63) is 15.6 Å². The first-order valence-corrected chi connectivity index (χ1v) is 8.05. The number of hydrogen-bond acceptors (Lipinski definition) is 4. The third-order valence-electron chi connectivity index (χ3n) is 4.04. The Hall–Kier alpha value is -0.660. The van der Waals surface area contributed by atoms with Gasteiger partial charge >= 0.3 is 6.18 Å². The minimum atomic E-state index is -4.46. The van der Waals surface area contributed by atoms with Crippen molar-refractivity contribution in [1.82, 2.24) is 4.98 Å². The highest BCUT2D eigenvalue weighted by Crippen LogP contribution is 2.46. The summed E-state index contributed by atoms with van der Waals surface area (Å²) < 4.78 is 45.0. The van der Waals surface area contributed by atoms with Gasteiger partial charge in [-0.15, -0.1) is 11.3 Å². The SMILES string of the molecule is CCOC1(c2nc(C(F)(F)F)c(CN)s2)CCC(C)CC1. The van der Waals surface area contributed by atoms with Crippen LogP contribution in [0.1, 0.15) is 55.1 Å². The highest BCUT2D eigenvalue weighted by Gasteiger charge is 2.43. The van der Waals surface area contributed by atoms with Gasteiger partial charge in [0.2, 0.25) is 0 Å². The number of halogens is 3. The summed E-state index contributed by atoms with van der Waals surface area (Å²) in [5.74, 6) is 0.578. The molecule has 0 amide bonds. The second-order valence-electron chi connectivity index (χ2n) is 5.60. The minimum Gasteiger partial charge on any atom is -0.368 e. The first-order valence-electron chi connectivity index (χ1n) is 7.24. The third kappa shape index (κ3) is 3.40. The lowest BCUT2D eigenvalue weighted by molar-refractivity contribution is -0.142. The van der Waals surface area contributed by atoms with Gasteiger partial charge in [-0.25, -0.2) is 4.98 Å². The van der Waals surface area contributed by atoms with Gasteiger partial charge in [0, 0.05) is 13.2 Å². The molecular weight excluding hydrogens is 301 g/mol. The Balaban J connectivity index is 2.39. The molecule has 0 unspecified atom stereocenters. The molecule has 1 heterocycles. The van der Waals surface area contributed by atoms with E-state index >= 15 is 0 Å². The lowest BCUT2D eigenvalue weighted by atomic mass is 9.79.